The van der Waals surface area contributed by atoms with Crippen molar-refractivity contribution in [1.82, 2.24) is 4.90 Å². The predicted molar refractivity (Wildman–Crippen MR) is 137 cm³/mol. The third-order valence-corrected chi connectivity index (χ3v) is 7.27. The summed E-state index contributed by atoms with van der Waals surface area (Å²) in [6.07, 6.45) is 2.11. The van der Waals surface area contributed by atoms with Gasteiger partial charge in [-0.25, -0.2) is 0 Å². The Morgan fingerprint density at radius 1 is 0.688 bits per heavy atom. The maximum atomic E-state index is 5.29. The van der Waals surface area contributed by atoms with Gasteiger partial charge in [-0.05, 0) is 29.3 Å². The van der Waals surface area contributed by atoms with Crippen LogP contribution in [0.4, 0.5) is 0 Å². The maximum Gasteiger partial charge on any atom is 0.148 e. The van der Waals surface area contributed by atoms with Gasteiger partial charge < -0.3 is 4.90 Å². The van der Waals surface area contributed by atoms with Crippen molar-refractivity contribution in [3.05, 3.63) is 126 Å². The summed E-state index contributed by atoms with van der Waals surface area (Å²) in [5, 5.41) is 2.62. The van der Waals surface area contributed by atoms with E-state index in [0.29, 0.717) is 0 Å². The summed E-state index contributed by atoms with van der Waals surface area (Å²) in [7, 11) is 2.15. The van der Waals surface area contributed by atoms with Crippen LogP contribution in [0.25, 0.3) is 25.9 Å². The molecule has 0 saturated heterocycles. The molecule has 2 nitrogen and oxygen atoms in total. The van der Waals surface area contributed by atoms with Gasteiger partial charge >= 0.3 is 0 Å². The Hall–Kier alpha value is -3.69. The molecule has 1 unspecified atom stereocenters. The molecule has 5 aromatic rings. The van der Waals surface area contributed by atoms with E-state index in [-0.39, 0.29) is 6.17 Å². The summed E-state index contributed by atoms with van der Waals surface area (Å²) in [4.78, 5) is 7.59. The molecular formula is C29H22N2S. The minimum Gasteiger partial charge on any atom is -0.349 e. The van der Waals surface area contributed by atoms with E-state index in [0.717, 1.165) is 11.3 Å². The van der Waals surface area contributed by atoms with Gasteiger partial charge in [0.15, 0.2) is 0 Å². The molecule has 0 fully saturated rings. The van der Waals surface area contributed by atoms with Crippen molar-refractivity contribution in [3.63, 3.8) is 0 Å². The van der Waals surface area contributed by atoms with Crippen molar-refractivity contribution < 1.29 is 0 Å². The zero-order valence-corrected chi connectivity index (χ0v) is 18.6. The molecule has 0 saturated carbocycles. The second kappa shape index (κ2) is 7.77. The number of fused-ring (bicyclic) bond motifs is 3. The summed E-state index contributed by atoms with van der Waals surface area (Å²) in [6, 6.07) is 36.4. The maximum absolute atomic E-state index is 5.29. The molecule has 1 atom stereocenters. The first kappa shape index (κ1) is 19.0. The fourth-order valence-electron chi connectivity index (χ4n) is 4.58. The average molecular weight is 431 g/mol. The second-order valence-corrected chi connectivity index (χ2v) is 9.16. The molecule has 1 aromatic heterocycles. The fraction of sp³-hybridized carbons (Fsp3) is 0.0690. The Morgan fingerprint density at radius 3 is 2.12 bits per heavy atom. The number of thiophene rings is 1. The highest BCUT2D eigenvalue weighted by Gasteiger charge is 2.27. The molecule has 32 heavy (non-hydrogen) atoms. The van der Waals surface area contributed by atoms with E-state index < -0.39 is 0 Å². The molecule has 0 N–H and O–H groups in total. The van der Waals surface area contributed by atoms with Crippen LogP contribution in [0.5, 0.6) is 0 Å². The molecule has 1 aliphatic rings. The van der Waals surface area contributed by atoms with Crippen molar-refractivity contribution in [2.45, 2.75) is 6.17 Å². The van der Waals surface area contributed by atoms with Crippen molar-refractivity contribution in [2.24, 2.45) is 4.99 Å². The zero-order valence-electron chi connectivity index (χ0n) is 17.8. The highest BCUT2D eigenvalue weighted by Crippen LogP contribution is 2.42. The molecule has 1 aliphatic heterocycles. The van der Waals surface area contributed by atoms with Crippen LogP contribution in [0.1, 0.15) is 22.9 Å². The van der Waals surface area contributed by atoms with Gasteiger partial charge in [0.25, 0.3) is 0 Å². The number of nitrogens with zero attached hydrogens (tertiary/aromatic N) is 2. The van der Waals surface area contributed by atoms with Gasteiger partial charge in [0.2, 0.25) is 0 Å². The lowest BCUT2D eigenvalue weighted by Gasteiger charge is -2.34. The van der Waals surface area contributed by atoms with Gasteiger partial charge in [-0.15, -0.1) is 11.3 Å². The van der Waals surface area contributed by atoms with E-state index in [2.05, 4.69) is 121 Å². The Morgan fingerprint density at radius 2 is 1.34 bits per heavy atom. The van der Waals surface area contributed by atoms with Crippen LogP contribution < -0.4 is 0 Å². The highest BCUT2D eigenvalue weighted by atomic mass is 32.1. The average Bonchev–Trinajstić information content (AvgIpc) is 3.24. The first-order chi connectivity index (χ1) is 15.8. The van der Waals surface area contributed by atoms with Crippen LogP contribution in [-0.4, -0.2) is 17.7 Å². The molecule has 2 heterocycles. The molecular weight excluding hydrogens is 408 g/mol. The SMILES string of the molecule is CN1C(c2ccccc2)=CC(c2ccccc2)=NC1c1cccc2sc3ccccc3c12. The number of hydrogen-bond acceptors (Lipinski definition) is 3. The number of allylic oxidation sites excluding steroid dienone is 1. The van der Waals surface area contributed by atoms with E-state index >= 15 is 0 Å². The fourth-order valence-corrected chi connectivity index (χ4v) is 5.72. The van der Waals surface area contributed by atoms with Crippen LogP contribution in [0.2, 0.25) is 0 Å². The lowest BCUT2D eigenvalue weighted by Crippen LogP contribution is -2.27. The van der Waals surface area contributed by atoms with Crippen molar-refractivity contribution in [2.75, 3.05) is 7.05 Å². The Labute approximate surface area is 191 Å². The van der Waals surface area contributed by atoms with Crippen molar-refractivity contribution >= 4 is 42.9 Å². The van der Waals surface area contributed by atoms with Crippen LogP contribution in [0.15, 0.2) is 114 Å². The normalized spacial score (nSPS) is 16.3. The van der Waals surface area contributed by atoms with E-state index in [1.807, 2.05) is 11.3 Å². The van der Waals surface area contributed by atoms with Crippen LogP contribution in [0, 0.1) is 0 Å². The molecule has 3 heteroatoms. The molecule has 0 bridgehead atoms. The number of aliphatic imine (C=N–C) groups is 1. The van der Waals surface area contributed by atoms with Crippen molar-refractivity contribution in [3.8, 4) is 0 Å². The Kier molecular flexibility index (Phi) is 4.62. The topological polar surface area (TPSA) is 15.6 Å². The summed E-state index contributed by atoms with van der Waals surface area (Å²) >= 11 is 1.85. The third-order valence-electron chi connectivity index (χ3n) is 6.13. The smallest absolute Gasteiger partial charge is 0.148 e. The minimum atomic E-state index is -0.105. The van der Waals surface area contributed by atoms with Crippen LogP contribution >= 0.6 is 11.3 Å². The molecule has 4 aromatic carbocycles. The van der Waals surface area contributed by atoms with Gasteiger partial charge in [-0.2, -0.15) is 0 Å². The first-order valence-electron chi connectivity index (χ1n) is 10.8. The summed E-state index contributed by atoms with van der Waals surface area (Å²) in [5.41, 5.74) is 5.79. The van der Waals surface area contributed by atoms with E-state index in [9.17, 15) is 0 Å². The van der Waals surface area contributed by atoms with E-state index in [1.165, 1.54) is 37.0 Å². The second-order valence-electron chi connectivity index (χ2n) is 8.08. The first-order valence-corrected chi connectivity index (χ1v) is 11.6. The molecule has 0 aliphatic carbocycles. The summed E-state index contributed by atoms with van der Waals surface area (Å²) < 4.78 is 2.63. The van der Waals surface area contributed by atoms with E-state index in [4.69, 9.17) is 4.99 Å². The van der Waals surface area contributed by atoms with Crippen LogP contribution in [0.3, 0.4) is 0 Å². The van der Waals surface area contributed by atoms with Gasteiger partial charge in [-0.1, -0.05) is 91.0 Å². The molecule has 0 spiro atoms. The third kappa shape index (κ3) is 3.14. The molecule has 0 amide bonds. The summed E-state index contributed by atoms with van der Waals surface area (Å²) in [6.45, 7) is 0. The van der Waals surface area contributed by atoms with E-state index in [1.54, 1.807) is 0 Å². The number of hydrogen-bond donors (Lipinski definition) is 0. The van der Waals surface area contributed by atoms with Gasteiger partial charge in [-0.3, -0.25) is 4.99 Å². The Balaban J connectivity index is 1.59. The number of benzene rings is 4. The van der Waals surface area contributed by atoms with Gasteiger partial charge in [0.05, 0.1) is 5.71 Å². The molecule has 6 rings (SSSR count). The quantitative estimate of drug-likeness (QED) is 0.289. The van der Waals surface area contributed by atoms with Crippen LogP contribution in [-0.2, 0) is 0 Å². The largest absolute Gasteiger partial charge is 0.349 e. The van der Waals surface area contributed by atoms with Gasteiger partial charge in [0.1, 0.15) is 6.17 Å². The van der Waals surface area contributed by atoms with Crippen molar-refractivity contribution in [1.29, 1.82) is 0 Å². The molecule has 0 radical (unpaired) electrons. The summed E-state index contributed by atoms with van der Waals surface area (Å²) in [5.74, 6) is 0. The molecule has 154 valence electrons. The number of rotatable bonds is 3. The predicted octanol–water partition coefficient (Wildman–Crippen LogP) is 7.53. The lowest BCUT2D eigenvalue weighted by atomic mass is 9.98. The highest BCUT2D eigenvalue weighted by molar-refractivity contribution is 7.25. The Bertz CT molecular complexity index is 1480. The minimum absolute atomic E-state index is 0.105. The zero-order chi connectivity index (χ0) is 21.5. The standard InChI is InChI=1S/C29H22N2S/c1-31-25(21-13-6-3-7-14-21)19-24(20-11-4-2-5-12-20)30-29(31)23-16-10-18-27-28(23)22-15-8-9-17-26(22)32-27/h2-19,29H,1H3. The lowest BCUT2D eigenvalue weighted by molar-refractivity contribution is 0.366. The monoisotopic (exact) mass is 430 g/mol. The van der Waals surface area contributed by atoms with Gasteiger partial charge in [0, 0.05) is 38.5 Å².